The number of carbonyl (C=O) groups is 1. The zero-order valence-corrected chi connectivity index (χ0v) is 20.2. The first-order valence-electron chi connectivity index (χ1n) is 11.6. The Hall–Kier alpha value is -2.79. The highest BCUT2D eigenvalue weighted by Gasteiger charge is 2.30. The van der Waals surface area contributed by atoms with Crippen LogP contribution in [-0.4, -0.2) is 70.6 Å². The molecule has 0 spiro atoms. The van der Waals surface area contributed by atoms with Gasteiger partial charge in [0.2, 0.25) is 5.91 Å². The third kappa shape index (κ3) is 5.40. The molecule has 0 radical (unpaired) electrons. The molecule has 0 aliphatic carbocycles. The molecule has 10 heteroatoms. The van der Waals surface area contributed by atoms with E-state index in [1.165, 1.54) is 11.8 Å². The molecule has 2 aliphatic rings. The van der Waals surface area contributed by atoms with Gasteiger partial charge in [-0.1, -0.05) is 0 Å². The zero-order chi connectivity index (χ0) is 24.4. The van der Waals surface area contributed by atoms with Gasteiger partial charge in [-0.3, -0.25) is 14.7 Å². The molecule has 8 nitrogen and oxygen atoms in total. The van der Waals surface area contributed by atoms with E-state index >= 15 is 4.39 Å². The summed E-state index contributed by atoms with van der Waals surface area (Å²) in [6.45, 7) is 1.68. The molecule has 3 N–H and O–H groups in total. The maximum absolute atomic E-state index is 15.0. The van der Waals surface area contributed by atoms with Crippen molar-refractivity contribution in [2.75, 3.05) is 37.8 Å². The fourth-order valence-electron chi connectivity index (χ4n) is 4.61. The second-order valence-electron chi connectivity index (χ2n) is 8.84. The van der Waals surface area contributed by atoms with Crippen molar-refractivity contribution in [3.05, 3.63) is 53.9 Å². The number of aromatic nitrogens is 2. The highest BCUT2D eigenvalue weighted by Crippen LogP contribution is 2.30. The van der Waals surface area contributed by atoms with Crippen LogP contribution in [0, 0.1) is 0 Å². The van der Waals surface area contributed by atoms with Gasteiger partial charge in [-0.25, -0.2) is 9.37 Å². The number of aliphatic hydroxyl groups is 1. The largest absolute Gasteiger partial charge is 0.497 e. The standard InChI is InChI=1S/C25H28FN5O3S/c1-34-16-3-4-20-18(10-16)17(6-8-27-20)22(32)13-31-9-7-21(19(26)12-31)28-11-15-2-5-23-25(29-15)30-24(33)14-35-23/h2-6,8,10,19,21-22,28,32H,7,9,11-14H2,1H3,(H,29,30,33)/t19-,21+,22+/m1/s1. The molecule has 3 aromatic rings. The number of anilines is 1. The number of thioether (sulfide) groups is 1. The molecule has 0 saturated carbocycles. The molecular weight excluding hydrogens is 469 g/mol. The van der Waals surface area contributed by atoms with Crippen molar-refractivity contribution in [2.24, 2.45) is 0 Å². The molecule has 0 bridgehead atoms. The summed E-state index contributed by atoms with van der Waals surface area (Å²) in [5, 5.41) is 17.9. The summed E-state index contributed by atoms with van der Waals surface area (Å²) in [6, 6.07) is 10.9. The van der Waals surface area contributed by atoms with Gasteiger partial charge in [0, 0.05) is 37.3 Å². The molecule has 1 fully saturated rings. The smallest absolute Gasteiger partial charge is 0.235 e. The average molecular weight is 498 g/mol. The Morgan fingerprint density at radius 2 is 2.23 bits per heavy atom. The van der Waals surface area contributed by atoms with E-state index in [2.05, 4.69) is 20.6 Å². The molecule has 1 amide bonds. The number of nitrogens with one attached hydrogen (secondary N) is 2. The Morgan fingerprint density at radius 3 is 3.06 bits per heavy atom. The summed E-state index contributed by atoms with van der Waals surface area (Å²) in [5.74, 6) is 1.61. The number of amides is 1. The predicted molar refractivity (Wildman–Crippen MR) is 133 cm³/mol. The summed E-state index contributed by atoms with van der Waals surface area (Å²) >= 11 is 1.47. The van der Waals surface area contributed by atoms with E-state index < -0.39 is 12.3 Å². The van der Waals surface area contributed by atoms with Crippen molar-refractivity contribution in [3.63, 3.8) is 0 Å². The molecular formula is C25H28FN5O3S. The number of halogens is 1. The second kappa shape index (κ2) is 10.4. The number of rotatable bonds is 7. The van der Waals surface area contributed by atoms with Gasteiger partial charge < -0.3 is 20.5 Å². The molecule has 184 valence electrons. The molecule has 2 aromatic heterocycles. The van der Waals surface area contributed by atoms with Gasteiger partial charge in [0.05, 0.1) is 35.1 Å². The van der Waals surface area contributed by atoms with Crippen molar-refractivity contribution >= 4 is 34.4 Å². The van der Waals surface area contributed by atoms with Gasteiger partial charge in [0.25, 0.3) is 0 Å². The lowest BCUT2D eigenvalue weighted by molar-refractivity contribution is -0.113. The van der Waals surface area contributed by atoms with E-state index in [9.17, 15) is 9.90 Å². The quantitative estimate of drug-likeness (QED) is 0.458. The first kappa shape index (κ1) is 23.9. The van der Waals surface area contributed by atoms with Crippen LogP contribution in [0.25, 0.3) is 10.9 Å². The number of alkyl halides is 1. The topological polar surface area (TPSA) is 99.6 Å². The number of piperidine rings is 1. The first-order chi connectivity index (χ1) is 17.0. The Balaban J connectivity index is 1.17. The van der Waals surface area contributed by atoms with Gasteiger partial charge in [0.1, 0.15) is 17.7 Å². The molecule has 0 unspecified atom stereocenters. The minimum Gasteiger partial charge on any atom is -0.497 e. The number of fused-ring (bicyclic) bond motifs is 2. The van der Waals surface area contributed by atoms with Crippen molar-refractivity contribution in [3.8, 4) is 5.75 Å². The summed E-state index contributed by atoms with van der Waals surface area (Å²) < 4.78 is 20.4. The number of likely N-dealkylation sites (tertiary alicyclic amines) is 1. The number of pyridine rings is 2. The molecule has 35 heavy (non-hydrogen) atoms. The van der Waals surface area contributed by atoms with Gasteiger partial charge in [-0.05, 0) is 54.9 Å². The normalized spacial score (nSPS) is 21.4. The summed E-state index contributed by atoms with van der Waals surface area (Å²) in [6.07, 6.45) is 0.464. The van der Waals surface area contributed by atoms with E-state index in [0.717, 1.165) is 27.1 Å². The fraction of sp³-hybridized carbons (Fsp3) is 0.400. The lowest BCUT2D eigenvalue weighted by Crippen LogP contribution is -2.51. The maximum Gasteiger partial charge on any atom is 0.235 e. The van der Waals surface area contributed by atoms with Crippen LogP contribution in [-0.2, 0) is 11.3 Å². The van der Waals surface area contributed by atoms with E-state index in [1.807, 2.05) is 35.2 Å². The van der Waals surface area contributed by atoms with Crippen LogP contribution in [0.3, 0.4) is 0 Å². The minimum atomic E-state index is -1.07. The number of benzene rings is 1. The van der Waals surface area contributed by atoms with Crippen LogP contribution in [0.5, 0.6) is 5.75 Å². The van der Waals surface area contributed by atoms with Crippen LogP contribution in [0.1, 0.15) is 23.8 Å². The van der Waals surface area contributed by atoms with Crippen LogP contribution >= 0.6 is 11.8 Å². The van der Waals surface area contributed by atoms with Crippen LogP contribution in [0.2, 0.25) is 0 Å². The van der Waals surface area contributed by atoms with Gasteiger partial charge in [0.15, 0.2) is 0 Å². The third-order valence-electron chi connectivity index (χ3n) is 6.48. The number of nitrogens with zero attached hydrogens (tertiary/aromatic N) is 3. The molecule has 1 saturated heterocycles. The van der Waals surface area contributed by atoms with Crippen LogP contribution in [0.15, 0.2) is 47.5 Å². The number of carbonyl (C=O) groups excluding carboxylic acids is 1. The number of ether oxygens (including phenoxy) is 1. The Bertz CT molecular complexity index is 1230. The van der Waals surface area contributed by atoms with Crippen molar-refractivity contribution < 1.29 is 19.0 Å². The van der Waals surface area contributed by atoms with E-state index in [1.54, 1.807) is 19.4 Å². The monoisotopic (exact) mass is 497 g/mol. The second-order valence-corrected chi connectivity index (χ2v) is 9.85. The summed E-state index contributed by atoms with van der Waals surface area (Å²) in [7, 11) is 1.60. The van der Waals surface area contributed by atoms with E-state index in [4.69, 9.17) is 4.74 Å². The van der Waals surface area contributed by atoms with Gasteiger partial charge >= 0.3 is 0 Å². The number of β-amino-alcohol motifs (C(OH)–C–C–N with tert-alkyl or cyclic N) is 1. The maximum atomic E-state index is 15.0. The Morgan fingerprint density at radius 1 is 1.34 bits per heavy atom. The third-order valence-corrected chi connectivity index (χ3v) is 7.52. The lowest BCUT2D eigenvalue weighted by atomic mass is 10.00. The lowest BCUT2D eigenvalue weighted by Gasteiger charge is -2.36. The van der Waals surface area contributed by atoms with Crippen molar-refractivity contribution in [1.29, 1.82) is 0 Å². The molecule has 3 atom stereocenters. The molecule has 4 heterocycles. The molecule has 2 aliphatic heterocycles. The highest BCUT2D eigenvalue weighted by molar-refractivity contribution is 8.00. The Labute approximate surface area is 207 Å². The van der Waals surface area contributed by atoms with Gasteiger partial charge in [-0.2, -0.15) is 0 Å². The Kier molecular flexibility index (Phi) is 7.14. The van der Waals surface area contributed by atoms with Crippen molar-refractivity contribution in [2.45, 2.75) is 36.2 Å². The fourth-order valence-corrected chi connectivity index (χ4v) is 5.37. The number of hydrogen-bond donors (Lipinski definition) is 3. The predicted octanol–water partition coefficient (Wildman–Crippen LogP) is 2.92. The number of hydrogen-bond acceptors (Lipinski definition) is 8. The van der Waals surface area contributed by atoms with Crippen LogP contribution < -0.4 is 15.4 Å². The number of methoxy groups -OCH3 is 1. The van der Waals surface area contributed by atoms with Crippen molar-refractivity contribution in [1.82, 2.24) is 20.2 Å². The van der Waals surface area contributed by atoms with E-state index in [-0.39, 0.29) is 18.5 Å². The summed E-state index contributed by atoms with van der Waals surface area (Å²) in [5.41, 5.74) is 2.30. The molecule has 5 rings (SSSR count). The average Bonchev–Trinajstić information content (AvgIpc) is 2.87. The highest BCUT2D eigenvalue weighted by atomic mass is 32.2. The molecule has 1 aromatic carbocycles. The first-order valence-corrected chi connectivity index (χ1v) is 12.6. The van der Waals surface area contributed by atoms with Crippen LogP contribution in [0.4, 0.5) is 10.2 Å². The number of aliphatic hydroxyl groups excluding tert-OH is 1. The minimum absolute atomic E-state index is 0.0580. The van der Waals surface area contributed by atoms with E-state index in [0.29, 0.717) is 43.4 Å². The SMILES string of the molecule is COc1ccc2nccc([C@@H](O)CN3CC[C@H](NCc4ccc5c(n4)NC(=O)CS5)[C@H](F)C3)c2c1. The summed E-state index contributed by atoms with van der Waals surface area (Å²) in [4.78, 5) is 23.4. The van der Waals surface area contributed by atoms with Gasteiger partial charge in [-0.15, -0.1) is 11.8 Å². The zero-order valence-electron chi connectivity index (χ0n) is 19.4.